The zero-order chi connectivity index (χ0) is 10.9. The van der Waals surface area contributed by atoms with E-state index >= 15 is 0 Å². The second kappa shape index (κ2) is 3.86. The van der Waals surface area contributed by atoms with Crippen LogP contribution in [0, 0.1) is 5.41 Å². The van der Waals surface area contributed by atoms with Crippen molar-refractivity contribution >= 4 is 15.9 Å². The fourth-order valence-electron chi connectivity index (χ4n) is 1.30. The highest BCUT2D eigenvalue weighted by Gasteiger charge is 2.40. The third-order valence-electron chi connectivity index (χ3n) is 2.48. The molecule has 1 atom stereocenters. The molecule has 1 aliphatic carbocycles. The average molecular weight is 219 g/mol. The molecule has 0 aliphatic heterocycles. The maximum atomic E-state index is 11.7. The van der Waals surface area contributed by atoms with Crippen molar-refractivity contribution in [1.29, 1.82) is 5.41 Å². The second-order valence-electron chi connectivity index (χ2n) is 3.84. The molecule has 1 rings (SSSR count). The van der Waals surface area contributed by atoms with Gasteiger partial charge in [-0.15, -0.1) is 0 Å². The molecule has 6 heteroatoms. The normalized spacial score (nSPS) is 19.6. The first-order valence-corrected chi connectivity index (χ1v) is 6.15. The van der Waals surface area contributed by atoms with E-state index in [0.29, 0.717) is 6.42 Å². The summed E-state index contributed by atoms with van der Waals surface area (Å²) in [5, 5.41) is 6.91. The minimum absolute atomic E-state index is 0.0235. The van der Waals surface area contributed by atoms with Crippen LogP contribution in [0.1, 0.15) is 26.2 Å². The van der Waals surface area contributed by atoms with Gasteiger partial charge in [-0.1, -0.05) is 0 Å². The van der Waals surface area contributed by atoms with Gasteiger partial charge in [-0.05, 0) is 19.8 Å². The third kappa shape index (κ3) is 2.45. The van der Waals surface area contributed by atoms with Crippen molar-refractivity contribution in [2.24, 2.45) is 5.73 Å². The van der Waals surface area contributed by atoms with Crippen LogP contribution in [-0.2, 0) is 10.0 Å². The summed E-state index contributed by atoms with van der Waals surface area (Å²) >= 11 is 0. The Morgan fingerprint density at radius 1 is 1.64 bits per heavy atom. The summed E-state index contributed by atoms with van der Waals surface area (Å²) in [6.07, 6.45) is 1.82. The number of nitrogens with two attached hydrogens (primary N) is 1. The molecule has 0 heterocycles. The topological polar surface area (TPSA) is 87.2 Å². The number of hydrogen-bond donors (Lipinski definition) is 2. The van der Waals surface area contributed by atoms with Gasteiger partial charge in [0.1, 0.15) is 0 Å². The van der Waals surface area contributed by atoms with Crippen LogP contribution in [0.5, 0.6) is 0 Å². The first-order valence-electron chi connectivity index (χ1n) is 4.65. The van der Waals surface area contributed by atoms with E-state index in [-0.39, 0.29) is 17.1 Å². The van der Waals surface area contributed by atoms with Gasteiger partial charge in [-0.25, -0.2) is 12.7 Å². The monoisotopic (exact) mass is 219 g/mol. The van der Waals surface area contributed by atoms with Crippen molar-refractivity contribution in [2.75, 3.05) is 7.05 Å². The van der Waals surface area contributed by atoms with E-state index in [1.54, 1.807) is 14.0 Å². The van der Waals surface area contributed by atoms with E-state index in [2.05, 4.69) is 0 Å². The van der Waals surface area contributed by atoms with Gasteiger partial charge in [0.25, 0.3) is 0 Å². The van der Waals surface area contributed by atoms with Crippen molar-refractivity contribution in [3.63, 3.8) is 0 Å². The highest BCUT2D eigenvalue weighted by Crippen LogP contribution is 2.31. The van der Waals surface area contributed by atoms with Crippen LogP contribution in [0.15, 0.2) is 0 Å². The van der Waals surface area contributed by atoms with Crippen molar-refractivity contribution in [3.8, 4) is 0 Å². The van der Waals surface area contributed by atoms with E-state index in [4.69, 9.17) is 11.1 Å². The Kier molecular flexibility index (Phi) is 3.16. The van der Waals surface area contributed by atoms with E-state index < -0.39 is 10.0 Å². The Morgan fingerprint density at radius 3 is 2.50 bits per heavy atom. The molecule has 3 N–H and O–H groups in total. The van der Waals surface area contributed by atoms with Crippen molar-refractivity contribution in [3.05, 3.63) is 0 Å². The number of sulfonamides is 1. The molecule has 14 heavy (non-hydrogen) atoms. The van der Waals surface area contributed by atoms with E-state index in [0.717, 1.165) is 12.8 Å². The Bertz CT molecular complexity index is 321. The lowest BCUT2D eigenvalue weighted by Crippen LogP contribution is -2.39. The van der Waals surface area contributed by atoms with E-state index in [1.165, 1.54) is 4.31 Å². The molecule has 0 saturated heterocycles. The molecule has 5 nitrogen and oxygen atoms in total. The molecule has 0 aromatic heterocycles. The van der Waals surface area contributed by atoms with Gasteiger partial charge >= 0.3 is 0 Å². The quantitative estimate of drug-likeness (QED) is 0.508. The molecule has 0 aromatic rings. The summed E-state index contributed by atoms with van der Waals surface area (Å²) in [6, 6.07) is -0.224. The van der Waals surface area contributed by atoms with Crippen molar-refractivity contribution in [1.82, 2.24) is 4.31 Å². The standard InChI is InChI=1S/C8H17N3O2S/c1-6(5-8(9)10)11(2)14(12,13)7-3-4-7/h6-7H,3-5H2,1-2H3,(H3,9,10). The van der Waals surface area contributed by atoms with Gasteiger partial charge in [0, 0.05) is 19.5 Å². The van der Waals surface area contributed by atoms with Crippen LogP contribution >= 0.6 is 0 Å². The summed E-state index contributed by atoms with van der Waals surface area (Å²) in [5.41, 5.74) is 5.23. The van der Waals surface area contributed by atoms with Crippen LogP contribution in [0.4, 0.5) is 0 Å². The smallest absolute Gasteiger partial charge is 0.216 e. The van der Waals surface area contributed by atoms with Gasteiger partial charge in [-0.3, -0.25) is 5.41 Å². The summed E-state index contributed by atoms with van der Waals surface area (Å²) in [5.74, 6) is 0.0235. The van der Waals surface area contributed by atoms with Crippen LogP contribution in [0.2, 0.25) is 0 Å². The van der Waals surface area contributed by atoms with Crippen LogP contribution < -0.4 is 5.73 Å². The lowest BCUT2D eigenvalue weighted by molar-refractivity contribution is 0.395. The maximum Gasteiger partial charge on any atom is 0.216 e. The summed E-state index contributed by atoms with van der Waals surface area (Å²) in [6.45, 7) is 1.77. The molecule has 1 aliphatic rings. The largest absolute Gasteiger partial charge is 0.388 e. The Hall–Kier alpha value is -0.620. The molecule has 1 saturated carbocycles. The van der Waals surface area contributed by atoms with Crippen molar-refractivity contribution in [2.45, 2.75) is 37.5 Å². The van der Waals surface area contributed by atoms with E-state index in [9.17, 15) is 8.42 Å². The zero-order valence-corrected chi connectivity index (χ0v) is 9.34. The Labute approximate surface area is 84.8 Å². The van der Waals surface area contributed by atoms with Crippen LogP contribution in [0.3, 0.4) is 0 Å². The molecule has 1 unspecified atom stereocenters. The highest BCUT2D eigenvalue weighted by molar-refractivity contribution is 7.90. The Balaban J connectivity index is 2.63. The SMILES string of the molecule is CC(CC(=N)N)N(C)S(=O)(=O)C1CC1. The zero-order valence-electron chi connectivity index (χ0n) is 8.53. The summed E-state index contributed by atoms with van der Waals surface area (Å²) < 4.78 is 24.8. The lowest BCUT2D eigenvalue weighted by atomic mass is 10.2. The molecular weight excluding hydrogens is 202 g/mol. The minimum atomic E-state index is -3.13. The van der Waals surface area contributed by atoms with Crippen LogP contribution in [-0.4, -0.2) is 36.9 Å². The van der Waals surface area contributed by atoms with Crippen molar-refractivity contribution < 1.29 is 8.42 Å². The van der Waals surface area contributed by atoms with Gasteiger partial charge in [0.05, 0.1) is 11.1 Å². The average Bonchev–Trinajstić information content (AvgIpc) is 2.83. The van der Waals surface area contributed by atoms with Gasteiger partial charge in [0.2, 0.25) is 10.0 Å². The number of rotatable bonds is 5. The minimum Gasteiger partial charge on any atom is -0.388 e. The third-order valence-corrected chi connectivity index (χ3v) is 4.96. The number of nitrogens with one attached hydrogen (secondary N) is 1. The predicted molar refractivity (Wildman–Crippen MR) is 55.7 cm³/mol. The van der Waals surface area contributed by atoms with E-state index in [1.807, 2.05) is 0 Å². The van der Waals surface area contributed by atoms with Gasteiger partial charge in [-0.2, -0.15) is 0 Å². The number of nitrogens with zero attached hydrogens (tertiary/aromatic N) is 1. The van der Waals surface area contributed by atoms with Gasteiger partial charge < -0.3 is 5.73 Å². The fraction of sp³-hybridized carbons (Fsp3) is 0.875. The predicted octanol–water partition coefficient (Wildman–Crippen LogP) is 0.125. The number of amidine groups is 1. The molecule has 0 spiro atoms. The Morgan fingerprint density at radius 2 is 2.14 bits per heavy atom. The molecule has 1 fully saturated rings. The molecule has 0 amide bonds. The second-order valence-corrected chi connectivity index (χ2v) is 6.11. The van der Waals surface area contributed by atoms with Crippen LogP contribution in [0.25, 0.3) is 0 Å². The highest BCUT2D eigenvalue weighted by atomic mass is 32.2. The molecule has 0 aromatic carbocycles. The molecule has 0 bridgehead atoms. The molecule has 0 radical (unpaired) electrons. The van der Waals surface area contributed by atoms with Gasteiger partial charge in [0.15, 0.2) is 0 Å². The summed E-state index contributed by atoms with van der Waals surface area (Å²) in [7, 11) is -1.57. The number of hydrogen-bond acceptors (Lipinski definition) is 3. The molecule has 82 valence electrons. The summed E-state index contributed by atoms with van der Waals surface area (Å²) in [4.78, 5) is 0. The lowest BCUT2D eigenvalue weighted by Gasteiger charge is -2.23. The first-order chi connectivity index (χ1) is 6.35. The fourth-order valence-corrected chi connectivity index (χ4v) is 3.08. The molecular formula is C8H17N3O2S. The first kappa shape index (κ1) is 11.5. The maximum absolute atomic E-state index is 11.7.